The van der Waals surface area contributed by atoms with Crippen molar-refractivity contribution in [1.29, 1.82) is 0 Å². The van der Waals surface area contributed by atoms with Crippen LogP contribution in [0.15, 0.2) is 38.0 Å². The van der Waals surface area contributed by atoms with Crippen molar-refractivity contribution in [2.75, 3.05) is 13.2 Å². The van der Waals surface area contributed by atoms with Gasteiger partial charge in [0.2, 0.25) is 0 Å². The molecule has 7 nitrogen and oxygen atoms in total. The third kappa shape index (κ3) is 15.6. The Morgan fingerprint density at radius 1 is 1.00 bits per heavy atom. The molecule has 0 aromatic heterocycles. The highest BCUT2D eigenvalue weighted by atomic mass is 17.2. The lowest BCUT2D eigenvalue weighted by molar-refractivity contribution is -0.267. The molecule has 0 saturated heterocycles. The minimum atomic E-state index is -0.552. The van der Waals surface area contributed by atoms with Gasteiger partial charge in [0.1, 0.15) is 12.7 Å². The van der Waals surface area contributed by atoms with Crippen molar-refractivity contribution < 1.29 is 33.6 Å². The second-order valence-electron chi connectivity index (χ2n) is 3.71. The van der Waals surface area contributed by atoms with E-state index < -0.39 is 24.0 Å². The van der Waals surface area contributed by atoms with Crippen LogP contribution in [-0.2, 0) is 33.6 Å². The fourth-order valence-corrected chi connectivity index (χ4v) is 0.756. The quantitative estimate of drug-likeness (QED) is 0.211. The normalized spacial score (nSPS) is 10.1. The Balaban J connectivity index is 0. The first-order valence-corrected chi connectivity index (χ1v) is 6.49. The van der Waals surface area contributed by atoms with E-state index in [-0.39, 0.29) is 6.61 Å². The zero-order valence-corrected chi connectivity index (χ0v) is 12.9. The van der Waals surface area contributed by atoms with E-state index in [0.29, 0.717) is 6.61 Å². The van der Waals surface area contributed by atoms with Crippen LogP contribution >= 0.6 is 0 Å². The summed E-state index contributed by atoms with van der Waals surface area (Å²) >= 11 is 0. The zero-order chi connectivity index (χ0) is 17.4. The molecule has 0 spiro atoms. The second kappa shape index (κ2) is 15.0. The minimum absolute atomic E-state index is 0.0183. The van der Waals surface area contributed by atoms with E-state index in [2.05, 4.69) is 34.2 Å². The maximum Gasteiger partial charge on any atom is 0.365 e. The Morgan fingerprint density at radius 2 is 1.55 bits per heavy atom. The predicted octanol–water partition coefficient (Wildman–Crippen LogP) is 1.89. The third-order valence-corrected chi connectivity index (χ3v) is 1.71. The first-order valence-electron chi connectivity index (χ1n) is 6.49. The second-order valence-corrected chi connectivity index (χ2v) is 3.71. The summed E-state index contributed by atoms with van der Waals surface area (Å²) in [5, 5.41) is 0. The molecule has 0 aliphatic rings. The molecule has 0 aliphatic carbocycles. The number of rotatable bonds is 9. The van der Waals surface area contributed by atoms with Gasteiger partial charge in [0.15, 0.2) is 0 Å². The summed E-state index contributed by atoms with van der Waals surface area (Å²) in [5.74, 6) is -1.63. The molecule has 0 radical (unpaired) electrons. The average molecular weight is 314 g/mol. The van der Waals surface area contributed by atoms with E-state index in [4.69, 9.17) is 4.74 Å². The number of esters is 2. The molecular formula is C15H22O7. The van der Waals surface area contributed by atoms with Crippen LogP contribution in [0.25, 0.3) is 0 Å². The van der Waals surface area contributed by atoms with Gasteiger partial charge in [-0.2, -0.15) is 4.89 Å². The van der Waals surface area contributed by atoms with Gasteiger partial charge in [-0.25, -0.2) is 14.4 Å². The summed E-state index contributed by atoms with van der Waals surface area (Å²) < 4.78 is 9.36. The highest BCUT2D eigenvalue weighted by Gasteiger charge is 2.07. The molecule has 0 bridgehead atoms. The van der Waals surface area contributed by atoms with E-state index >= 15 is 0 Å². The Labute approximate surface area is 130 Å². The van der Waals surface area contributed by atoms with Gasteiger partial charge in [0.25, 0.3) is 0 Å². The van der Waals surface area contributed by atoms with Gasteiger partial charge in [0, 0.05) is 18.2 Å². The highest BCUT2D eigenvalue weighted by Crippen LogP contribution is 1.94. The van der Waals surface area contributed by atoms with Crippen LogP contribution in [-0.4, -0.2) is 37.2 Å². The molecule has 7 heteroatoms. The fraction of sp³-hybridized carbons (Fsp3) is 0.400. The fourth-order valence-electron chi connectivity index (χ4n) is 0.756. The van der Waals surface area contributed by atoms with Crippen molar-refractivity contribution in [1.82, 2.24) is 0 Å². The summed E-state index contributed by atoms with van der Waals surface area (Å²) in [4.78, 5) is 40.0. The maximum absolute atomic E-state index is 10.6. The Kier molecular flexibility index (Phi) is 14.9. The van der Waals surface area contributed by atoms with Crippen LogP contribution in [0.3, 0.4) is 0 Å². The van der Waals surface area contributed by atoms with Crippen LogP contribution in [0.1, 0.15) is 20.3 Å². The molecule has 0 amide bonds. The molecular weight excluding hydrogens is 292 g/mol. The van der Waals surface area contributed by atoms with E-state index in [0.717, 1.165) is 24.6 Å². The molecule has 0 fully saturated rings. The maximum atomic E-state index is 10.6. The molecule has 0 saturated carbocycles. The lowest BCUT2D eigenvalue weighted by atomic mass is 10.4. The number of hydrogen-bond donors (Lipinski definition) is 0. The van der Waals surface area contributed by atoms with Crippen LogP contribution in [0.5, 0.6) is 0 Å². The summed E-state index contributed by atoms with van der Waals surface area (Å²) in [5.41, 5.74) is 0. The van der Waals surface area contributed by atoms with Crippen molar-refractivity contribution in [3.63, 3.8) is 0 Å². The van der Waals surface area contributed by atoms with Crippen molar-refractivity contribution >= 4 is 17.9 Å². The topological polar surface area (TPSA) is 88.1 Å². The van der Waals surface area contributed by atoms with Gasteiger partial charge in [0.05, 0.1) is 6.61 Å². The molecule has 0 rings (SSSR count). The first-order chi connectivity index (χ1) is 10.4. The summed E-state index contributed by atoms with van der Waals surface area (Å²) in [6.45, 7) is 13.6. The molecule has 0 aromatic rings. The average Bonchev–Trinajstić information content (AvgIpc) is 2.52. The van der Waals surface area contributed by atoms with Gasteiger partial charge in [-0.15, -0.1) is 0 Å². The molecule has 1 unspecified atom stereocenters. The molecule has 124 valence electrons. The van der Waals surface area contributed by atoms with Gasteiger partial charge in [-0.05, 0) is 13.3 Å². The molecule has 0 heterocycles. The molecule has 0 aliphatic heterocycles. The van der Waals surface area contributed by atoms with Crippen molar-refractivity contribution in [2.45, 2.75) is 26.4 Å². The molecule has 22 heavy (non-hydrogen) atoms. The van der Waals surface area contributed by atoms with Crippen LogP contribution in [0.4, 0.5) is 0 Å². The van der Waals surface area contributed by atoms with Crippen molar-refractivity contribution in [3.05, 3.63) is 38.0 Å². The van der Waals surface area contributed by atoms with Crippen LogP contribution < -0.4 is 0 Å². The largest absolute Gasteiger partial charge is 0.459 e. The number of carbonyl (C=O) groups is 3. The van der Waals surface area contributed by atoms with Gasteiger partial charge in [-0.3, -0.25) is 4.89 Å². The molecule has 0 N–H and O–H groups in total. The van der Waals surface area contributed by atoms with Crippen LogP contribution in [0.2, 0.25) is 0 Å². The smallest absolute Gasteiger partial charge is 0.365 e. The van der Waals surface area contributed by atoms with Gasteiger partial charge in [-0.1, -0.05) is 26.7 Å². The Hall–Kier alpha value is -2.41. The third-order valence-electron chi connectivity index (χ3n) is 1.71. The number of carbonyl (C=O) groups excluding carboxylic acids is 3. The Morgan fingerprint density at radius 3 is 2.00 bits per heavy atom. The molecule has 1 atom stereocenters. The minimum Gasteiger partial charge on any atom is -0.459 e. The standard InChI is InChI=1S/C9H12O4.C6H10O3/c1-4-8(10)12-6-7(3)13-9(11)5-2;1-3-5-8-9-6(7)4-2/h4-5,7H,1-2,6H2,3H3;4H,2-3,5H2,1H3. The highest BCUT2D eigenvalue weighted by molar-refractivity contribution is 5.82. The lowest BCUT2D eigenvalue weighted by Crippen LogP contribution is -2.20. The SMILES string of the molecule is C=CC(=O)OCC(C)OC(=O)C=C.C=CC(=O)OOCCC. The first kappa shape index (κ1) is 21.9. The zero-order valence-electron chi connectivity index (χ0n) is 12.9. The number of hydrogen-bond acceptors (Lipinski definition) is 7. The van der Waals surface area contributed by atoms with Crippen molar-refractivity contribution in [2.24, 2.45) is 0 Å². The van der Waals surface area contributed by atoms with Crippen molar-refractivity contribution in [3.8, 4) is 0 Å². The van der Waals surface area contributed by atoms with Gasteiger partial charge >= 0.3 is 17.9 Å². The van der Waals surface area contributed by atoms with Gasteiger partial charge < -0.3 is 9.47 Å². The summed E-state index contributed by atoms with van der Waals surface area (Å²) in [6, 6.07) is 0. The van der Waals surface area contributed by atoms with E-state index in [1.165, 1.54) is 0 Å². The summed E-state index contributed by atoms with van der Waals surface area (Å²) in [6.07, 6.45) is 3.49. The monoisotopic (exact) mass is 314 g/mol. The summed E-state index contributed by atoms with van der Waals surface area (Å²) in [7, 11) is 0. The number of ether oxygens (including phenoxy) is 2. The predicted molar refractivity (Wildman–Crippen MR) is 79.4 cm³/mol. The Bertz CT molecular complexity index is 387. The lowest BCUT2D eigenvalue weighted by Gasteiger charge is -2.10. The van der Waals surface area contributed by atoms with E-state index in [1.807, 2.05) is 6.92 Å². The van der Waals surface area contributed by atoms with E-state index in [1.54, 1.807) is 6.92 Å². The van der Waals surface area contributed by atoms with Crippen LogP contribution in [0, 0.1) is 0 Å². The van der Waals surface area contributed by atoms with E-state index in [9.17, 15) is 14.4 Å². The molecule has 0 aromatic carbocycles.